The van der Waals surface area contributed by atoms with Gasteiger partial charge < -0.3 is 0 Å². The Bertz CT molecular complexity index is 1170. The van der Waals surface area contributed by atoms with Crippen molar-refractivity contribution in [2.24, 2.45) is 0 Å². The Morgan fingerprint density at radius 2 is 1.23 bits per heavy atom. The fourth-order valence-electron chi connectivity index (χ4n) is 2.96. The van der Waals surface area contributed by atoms with Crippen molar-refractivity contribution in [2.75, 3.05) is 0 Å². The molecule has 0 spiro atoms. The maximum atomic E-state index is 13.4. The number of carbonyl (C=O) groups is 2. The van der Waals surface area contributed by atoms with Gasteiger partial charge in [-0.2, -0.15) is 0 Å². The maximum absolute atomic E-state index is 13.4. The molecule has 0 aromatic heterocycles. The fraction of sp³-hybridized carbons (Fsp3) is 0.130. The van der Waals surface area contributed by atoms with Gasteiger partial charge in [-0.05, 0) is 43.3 Å². The Labute approximate surface area is 192 Å². The average Bonchev–Trinajstić information content (AvgIpc) is 2.72. The van der Waals surface area contributed by atoms with Gasteiger partial charge in [-0.25, -0.2) is 8.42 Å². The zero-order valence-electron chi connectivity index (χ0n) is 16.0. The lowest BCUT2D eigenvalue weighted by Gasteiger charge is -2.17. The molecule has 0 aliphatic carbocycles. The summed E-state index contributed by atoms with van der Waals surface area (Å²) in [5.41, 5.74) is 1.49. The SMILES string of the molecule is Cc1ccc(S(=O)(=O)[C@H](CC(=O)c2ccc(Br)cc2)C(=O)c2ccc(Br)cc2)cc1. The van der Waals surface area contributed by atoms with Crippen LogP contribution in [0.4, 0.5) is 0 Å². The molecule has 0 radical (unpaired) electrons. The number of hydrogen-bond donors (Lipinski definition) is 0. The number of carbonyl (C=O) groups excluding carboxylic acids is 2. The molecule has 7 heteroatoms. The third kappa shape index (κ3) is 5.14. The molecule has 1 atom stereocenters. The van der Waals surface area contributed by atoms with E-state index in [1.807, 2.05) is 6.92 Å². The summed E-state index contributed by atoms with van der Waals surface area (Å²) in [7, 11) is -4.08. The van der Waals surface area contributed by atoms with Gasteiger partial charge >= 0.3 is 0 Å². The van der Waals surface area contributed by atoms with E-state index in [1.54, 1.807) is 60.7 Å². The van der Waals surface area contributed by atoms with Gasteiger partial charge in [-0.15, -0.1) is 0 Å². The first-order chi connectivity index (χ1) is 14.2. The lowest BCUT2D eigenvalue weighted by Crippen LogP contribution is -2.33. The Kier molecular flexibility index (Phi) is 7.06. The van der Waals surface area contributed by atoms with Crippen LogP contribution in [0.1, 0.15) is 32.7 Å². The van der Waals surface area contributed by atoms with E-state index in [9.17, 15) is 18.0 Å². The third-order valence-electron chi connectivity index (χ3n) is 4.68. The zero-order valence-corrected chi connectivity index (χ0v) is 20.0. The first-order valence-electron chi connectivity index (χ1n) is 9.07. The van der Waals surface area contributed by atoms with Gasteiger partial charge in [0.15, 0.2) is 21.4 Å². The molecule has 0 N–H and O–H groups in total. The van der Waals surface area contributed by atoms with Crippen molar-refractivity contribution in [3.8, 4) is 0 Å². The van der Waals surface area contributed by atoms with Gasteiger partial charge in [0.25, 0.3) is 0 Å². The summed E-state index contributed by atoms with van der Waals surface area (Å²) < 4.78 is 28.3. The molecular formula is C23H18Br2O4S. The van der Waals surface area contributed by atoms with Gasteiger partial charge in [-0.1, -0.05) is 73.8 Å². The van der Waals surface area contributed by atoms with Gasteiger partial charge in [0.2, 0.25) is 0 Å². The summed E-state index contributed by atoms with van der Waals surface area (Å²) in [6.07, 6.45) is -0.438. The fourth-order valence-corrected chi connectivity index (χ4v) is 5.12. The van der Waals surface area contributed by atoms with Crippen molar-refractivity contribution in [2.45, 2.75) is 23.5 Å². The molecule has 0 amide bonds. The van der Waals surface area contributed by atoms with Crippen molar-refractivity contribution >= 4 is 53.3 Å². The monoisotopic (exact) mass is 548 g/mol. The summed E-state index contributed by atoms with van der Waals surface area (Å²) in [4.78, 5) is 26.1. The minimum atomic E-state index is -4.08. The van der Waals surface area contributed by atoms with Gasteiger partial charge in [0.05, 0.1) is 4.90 Å². The average molecular weight is 550 g/mol. The van der Waals surface area contributed by atoms with Crippen molar-refractivity contribution in [1.29, 1.82) is 0 Å². The molecule has 3 rings (SSSR count). The van der Waals surface area contributed by atoms with E-state index >= 15 is 0 Å². The van der Waals surface area contributed by atoms with E-state index in [0.717, 1.165) is 14.5 Å². The normalized spacial score (nSPS) is 12.4. The van der Waals surface area contributed by atoms with Crippen LogP contribution in [-0.2, 0) is 9.84 Å². The van der Waals surface area contributed by atoms with E-state index < -0.39 is 33.1 Å². The smallest absolute Gasteiger partial charge is 0.189 e. The van der Waals surface area contributed by atoms with Crippen molar-refractivity contribution < 1.29 is 18.0 Å². The van der Waals surface area contributed by atoms with Crippen LogP contribution in [0.15, 0.2) is 86.6 Å². The Hall–Kier alpha value is -2.09. The van der Waals surface area contributed by atoms with Crippen LogP contribution < -0.4 is 0 Å². The highest BCUT2D eigenvalue weighted by atomic mass is 79.9. The van der Waals surface area contributed by atoms with Crippen LogP contribution in [0.25, 0.3) is 0 Å². The highest BCUT2D eigenvalue weighted by molar-refractivity contribution is 9.10. The highest BCUT2D eigenvalue weighted by Crippen LogP contribution is 2.25. The highest BCUT2D eigenvalue weighted by Gasteiger charge is 2.36. The second-order valence-electron chi connectivity index (χ2n) is 6.85. The summed E-state index contributed by atoms with van der Waals surface area (Å²) in [5.74, 6) is -1.01. The number of halogens is 2. The molecule has 3 aromatic rings. The number of sulfone groups is 1. The van der Waals surface area contributed by atoms with Crippen LogP contribution in [0.2, 0.25) is 0 Å². The number of rotatable bonds is 7. The predicted molar refractivity (Wildman–Crippen MR) is 124 cm³/mol. The minimum Gasteiger partial charge on any atom is -0.294 e. The number of benzene rings is 3. The number of Topliss-reactive ketones (excluding diaryl/α,β-unsaturated/α-hetero) is 2. The molecule has 3 aromatic carbocycles. The summed E-state index contributed by atoms with van der Waals surface area (Å²) in [6, 6.07) is 19.3. The molecule has 0 bridgehead atoms. The van der Waals surface area contributed by atoms with Crippen molar-refractivity contribution in [3.63, 3.8) is 0 Å². The molecule has 0 aliphatic heterocycles. The van der Waals surface area contributed by atoms with Gasteiger partial charge in [0, 0.05) is 26.5 Å². The van der Waals surface area contributed by atoms with Crippen LogP contribution in [0, 0.1) is 6.92 Å². The number of aryl methyl sites for hydroxylation is 1. The molecule has 0 saturated carbocycles. The molecule has 30 heavy (non-hydrogen) atoms. The lowest BCUT2D eigenvalue weighted by molar-refractivity contribution is 0.0920. The molecule has 0 saturated heterocycles. The van der Waals surface area contributed by atoms with Gasteiger partial charge in [0.1, 0.15) is 5.25 Å². The van der Waals surface area contributed by atoms with E-state index in [0.29, 0.717) is 5.56 Å². The minimum absolute atomic E-state index is 0.0205. The van der Waals surface area contributed by atoms with E-state index in [1.165, 1.54) is 12.1 Å². The molecular weight excluding hydrogens is 532 g/mol. The summed E-state index contributed by atoms with van der Waals surface area (Å²) in [6.45, 7) is 1.85. The van der Waals surface area contributed by atoms with Gasteiger partial charge in [-0.3, -0.25) is 9.59 Å². The van der Waals surface area contributed by atoms with Crippen LogP contribution in [-0.4, -0.2) is 25.2 Å². The van der Waals surface area contributed by atoms with Crippen molar-refractivity contribution in [1.82, 2.24) is 0 Å². The Balaban J connectivity index is 2.02. The van der Waals surface area contributed by atoms with Crippen LogP contribution >= 0.6 is 31.9 Å². The van der Waals surface area contributed by atoms with E-state index in [-0.39, 0.29) is 10.5 Å². The molecule has 0 heterocycles. The lowest BCUT2D eigenvalue weighted by atomic mass is 10.0. The van der Waals surface area contributed by atoms with E-state index in [2.05, 4.69) is 31.9 Å². The first kappa shape index (κ1) is 22.6. The molecule has 0 aliphatic rings. The molecule has 154 valence electrons. The maximum Gasteiger partial charge on any atom is 0.189 e. The first-order valence-corrected chi connectivity index (χ1v) is 12.2. The zero-order chi connectivity index (χ0) is 21.9. The molecule has 0 fully saturated rings. The van der Waals surface area contributed by atoms with E-state index in [4.69, 9.17) is 0 Å². The Morgan fingerprint density at radius 1 is 0.767 bits per heavy atom. The van der Waals surface area contributed by atoms with Crippen LogP contribution in [0.5, 0.6) is 0 Å². The third-order valence-corrected chi connectivity index (χ3v) is 7.80. The van der Waals surface area contributed by atoms with Crippen molar-refractivity contribution in [3.05, 3.63) is 98.4 Å². The quantitative estimate of drug-likeness (QED) is 0.348. The number of hydrogen-bond acceptors (Lipinski definition) is 4. The Morgan fingerprint density at radius 3 is 1.73 bits per heavy atom. The summed E-state index contributed by atoms with van der Waals surface area (Å²) in [5, 5.41) is -1.52. The topological polar surface area (TPSA) is 68.3 Å². The van der Waals surface area contributed by atoms with Crippen LogP contribution in [0.3, 0.4) is 0 Å². The molecule has 4 nitrogen and oxygen atoms in total. The summed E-state index contributed by atoms with van der Waals surface area (Å²) >= 11 is 6.61. The second-order valence-corrected chi connectivity index (χ2v) is 10.8. The predicted octanol–water partition coefficient (Wildman–Crippen LogP) is 5.82. The number of ketones is 2. The second kappa shape index (κ2) is 9.37. The molecule has 0 unspecified atom stereocenters. The standard InChI is InChI=1S/C23H18Br2O4S/c1-15-2-12-20(13-3-15)30(28,29)22(23(27)17-6-10-19(25)11-7-17)14-21(26)16-4-8-18(24)9-5-16/h2-13,22H,14H2,1H3/t22-/m1/s1. The largest absolute Gasteiger partial charge is 0.294 e.